The maximum Gasteiger partial charge on any atom is 0.223 e. The third-order valence-electron chi connectivity index (χ3n) is 6.87. The van der Waals surface area contributed by atoms with E-state index < -0.39 is 5.82 Å². The number of fused-ring (bicyclic) bond motifs is 1. The molecule has 2 aromatic heterocycles. The van der Waals surface area contributed by atoms with Crippen LogP contribution >= 0.6 is 11.6 Å². The Morgan fingerprint density at radius 3 is 2.72 bits per heavy atom. The molecular weight excluding hydrogens is 485 g/mol. The minimum absolute atomic E-state index is 0.0245. The molecule has 1 aliphatic heterocycles. The molecule has 1 amide bonds. The second-order valence-electron chi connectivity index (χ2n) is 9.30. The lowest BCUT2D eigenvalue weighted by Crippen LogP contribution is -2.40. The van der Waals surface area contributed by atoms with Gasteiger partial charge in [-0.1, -0.05) is 11.6 Å². The van der Waals surface area contributed by atoms with Gasteiger partial charge in [0.25, 0.3) is 0 Å². The minimum atomic E-state index is -0.484. The summed E-state index contributed by atoms with van der Waals surface area (Å²) in [5, 5.41) is 6.62. The summed E-state index contributed by atoms with van der Waals surface area (Å²) in [5.74, 6) is 1.34. The first kappa shape index (κ1) is 24.6. The number of nitrogens with one attached hydrogen (secondary N) is 2. The van der Waals surface area contributed by atoms with Crippen LogP contribution in [-0.2, 0) is 9.53 Å². The molecule has 0 unspecified atom stereocenters. The van der Waals surface area contributed by atoms with Gasteiger partial charge in [-0.3, -0.25) is 4.79 Å². The number of ether oxygens (including phenoxy) is 1. The van der Waals surface area contributed by atoms with Crippen LogP contribution in [-0.4, -0.2) is 63.1 Å². The molecule has 0 spiro atoms. The van der Waals surface area contributed by atoms with Crippen LogP contribution in [0.15, 0.2) is 30.7 Å². The molecule has 3 aromatic rings. The maximum absolute atomic E-state index is 13.5. The zero-order chi connectivity index (χ0) is 24.9. The molecule has 2 aliphatic rings. The Morgan fingerprint density at radius 1 is 1.14 bits per heavy atom. The fourth-order valence-corrected chi connectivity index (χ4v) is 4.98. The topological polar surface area (TPSA) is 105 Å². The molecule has 0 atom stereocenters. The van der Waals surface area contributed by atoms with E-state index in [9.17, 15) is 9.18 Å². The molecule has 190 valence electrons. The molecule has 1 aromatic carbocycles. The number of hydrogen-bond donors (Lipinski definition) is 2. The number of rotatable bonds is 7. The predicted molar refractivity (Wildman–Crippen MR) is 136 cm³/mol. The Balaban J connectivity index is 1.17. The van der Waals surface area contributed by atoms with Gasteiger partial charge in [0.2, 0.25) is 11.9 Å². The molecule has 1 saturated heterocycles. The number of hydrogen-bond acceptors (Lipinski definition) is 8. The number of anilines is 3. The summed E-state index contributed by atoms with van der Waals surface area (Å²) in [6.45, 7) is 2.70. The van der Waals surface area contributed by atoms with E-state index in [0.717, 1.165) is 32.1 Å². The summed E-state index contributed by atoms with van der Waals surface area (Å²) in [6.07, 6.45) is 8.80. The van der Waals surface area contributed by atoms with Crippen molar-refractivity contribution in [2.24, 2.45) is 5.92 Å². The van der Waals surface area contributed by atoms with Crippen LogP contribution in [0.5, 0.6) is 0 Å². The molecule has 0 bridgehead atoms. The van der Waals surface area contributed by atoms with E-state index in [2.05, 4.69) is 30.6 Å². The summed E-state index contributed by atoms with van der Waals surface area (Å²) in [5.41, 5.74) is 1.76. The van der Waals surface area contributed by atoms with Crippen molar-refractivity contribution in [3.8, 4) is 0 Å². The smallest absolute Gasteiger partial charge is 0.223 e. The van der Waals surface area contributed by atoms with Gasteiger partial charge in [-0.05, 0) is 56.2 Å². The lowest BCUT2D eigenvalue weighted by molar-refractivity contribution is -0.135. The molecule has 3 heterocycles. The summed E-state index contributed by atoms with van der Waals surface area (Å²) in [7, 11) is 0. The van der Waals surface area contributed by atoms with Crippen LogP contribution in [0.25, 0.3) is 11.0 Å². The highest BCUT2D eigenvalue weighted by Crippen LogP contribution is 2.30. The zero-order valence-electron chi connectivity index (χ0n) is 19.9. The number of carbonyl (C=O) groups is 1. The van der Waals surface area contributed by atoms with E-state index >= 15 is 0 Å². The van der Waals surface area contributed by atoms with Gasteiger partial charge >= 0.3 is 0 Å². The van der Waals surface area contributed by atoms with Crippen molar-refractivity contribution in [1.29, 1.82) is 0 Å². The number of nitrogens with zero attached hydrogens (tertiary/aromatic N) is 5. The first-order chi connectivity index (χ1) is 17.5. The number of amides is 1. The van der Waals surface area contributed by atoms with Gasteiger partial charge in [0.1, 0.15) is 23.2 Å². The molecule has 2 fully saturated rings. The first-order valence-electron chi connectivity index (χ1n) is 12.4. The zero-order valence-corrected chi connectivity index (χ0v) is 20.7. The summed E-state index contributed by atoms with van der Waals surface area (Å²) in [6, 6.07) is 4.65. The Hall–Kier alpha value is -3.11. The third kappa shape index (κ3) is 5.99. The lowest BCUT2D eigenvalue weighted by atomic mass is 9.83. The third-order valence-corrected chi connectivity index (χ3v) is 7.16. The number of carbonyl (C=O) groups excluding carboxylic acids is 1. The fraction of sp³-hybridized carbons (Fsp3) is 0.480. The molecule has 2 N–H and O–H groups in total. The van der Waals surface area contributed by atoms with Crippen molar-refractivity contribution in [2.45, 2.75) is 44.6 Å². The van der Waals surface area contributed by atoms with Gasteiger partial charge < -0.3 is 20.3 Å². The number of halogens is 2. The van der Waals surface area contributed by atoms with Gasteiger partial charge in [-0.2, -0.15) is 0 Å². The van der Waals surface area contributed by atoms with Crippen LogP contribution in [0.1, 0.15) is 38.5 Å². The first-order valence-corrected chi connectivity index (χ1v) is 12.7. The van der Waals surface area contributed by atoms with Crippen molar-refractivity contribution >= 4 is 46.0 Å². The van der Waals surface area contributed by atoms with Gasteiger partial charge in [0.05, 0.1) is 24.4 Å². The average Bonchev–Trinajstić information content (AvgIpc) is 2.91. The Morgan fingerprint density at radius 2 is 1.94 bits per heavy atom. The number of benzene rings is 1. The van der Waals surface area contributed by atoms with E-state index in [1.165, 1.54) is 18.5 Å². The highest BCUT2D eigenvalue weighted by atomic mass is 35.5. The summed E-state index contributed by atoms with van der Waals surface area (Å²) in [4.78, 5) is 32.0. The van der Waals surface area contributed by atoms with Crippen molar-refractivity contribution < 1.29 is 13.9 Å². The van der Waals surface area contributed by atoms with Crippen molar-refractivity contribution in [2.75, 3.05) is 36.9 Å². The molecule has 5 rings (SSSR count). The van der Waals surface area contributed by atoms with E-state index in [-0.39, 0.29) is 17.0 Å². The fourth-order valence-electron chi connectivity index (χ4n) is 4.80. The minimum Gasteiger partial charge on any atom is -0.378 e. The SMILES string of the molecule is O=C(CCC1CCC(Nc2ncc3ncnc(Nc4ccc(F)c(Cl)c4)c3n2)CC1)N1CCOCC1. The maximum atomic E-state index is 13.5. The number of aromatic nitrogens is 4. The highest BCUT2D eigenvalue weighted by Gasteiger charge is 2.24. The van der Waals surface area contributed by atoms with E-state index in [0.29, 0.717) is 67.1 Å². The van der Waals surface area contributed by atoms with Crippen LogP contribution < -0.4 is 10.6 Å². The van der Waals surface area contributed by atoms with Crippen LogP contribution in [0.3, 0.4) is 0 Å². The van der Waals surface area contributed by atoms with E-state index in [1.807, 2.05) is 4.90 Å². The second-order valence-corrected chi connectivity index (χ2v) is 9.70. The summed E-state index contributed by atoms with van der Waals surface area (Å²) < 4.78 is 18.8. The normalized spacial score (nSPS) is 20.3. The molecular formula is C25H29ClFN7O2. The predicted octanol–water partition coefficient (Wildman–Crippen LogP) is 4.57. The van der Waals surface area contributed by atoms with Crippen LogP contribution in [0.4, 0.5) is 21.8 Å². The molecule has 11 heteroatoms. The molecule has 36 heavy (non-hydrogen) atoms. The van der Waals surface area contributed by atoms with Crippen molar-refractivity contribution in [3.05, 3.63) is 41.6 Å². The van der Waals surface area contributed by atoms with Gasteiger partial charge in [-0.25, -0.2) is 24.3 Å². The second kappa shape index (κ2) is 11.3. The van der Waals surface area contributed by atoms with Crippen molar-refractivity contribution in [1.82, 2.24) is 24.8 Å². The largest absolute Gasteiger partial charge is 0.378 e. The van der Waals surface area contributed by atoms with Crippen LogP contribution in [0, 0.1) is 11.7 Å². The standard InChI is InChI=1S/C25H29ClFN7O2/c26-19-13-18(6-7-20(19)27)31-24-23-21(29-15-30-24)14-28-25(33-23)32-17-4-1-16(2-5-17)3-8-22(35)34-9-11-36-12-10-34/h6-7,13-17H,1-5,8-12H2,(H,28,32,33)(H,29,30,31). The molecule has 1 aliphatic carbocycles. The lowest BCUT2D eigenvalue weighted by Gasteiger charge is -2.30. The molecule has 0 radical (unpaired) electrons. The van der Waals surface area contributed by atoms with E-state index in [4.69, 9.17) is 16.3 Å². The van der Waals surface area contributed by atoms with E-state index in [1.54, 1.807) is 12.3 Å². The van der Waals surface area contributed by atoms with Crippen molar-refractivity contribution in [3.63, 3.8) is 0 Å². The highest BCUT2D eigenvalue weighted by molar-refractivity contribution is 6.31. The Kier molecular flexibility index (Phi) is 7.72. The van der Waals surface area contributed by atoms with Crippen LogP contribution in [0.2, 0.25) is 5.02 Å². The number of morpholine rings is 1. The monoisotopic (exact) mass is 513 g/mol. The molecule has 1 saturated carbocycles. The molecule has 9 nitrogen and oxygen atoms in total. The average molecular weight is 514 g/mol. The summed E-state index contributed by atoms with van der Waals surface area (Å²) >= 11 is 5.91. The van der Waals surface area contributed by atoms with Gasteiger partial charge in [-0.15, -0.1) is 0 Å². The Labute approximate surface area is 213 Å². The van der Waals surface area contributed by atoms with Gasteiger partial charge in [0.15, 0.2) is 5.82 Å². The Bertz CT molecular complexity index is 1220. The quantitative estimate of drug-likeness (QED) is 0.473. The van der Waals surface area contributed by atoms with Gasteiger partial charge in [0, 0.05) is 31.2 Å².